The third-order valence-electron chi connectivity index (χ3n) is 5.27. The summed E-state index contributed by atoms with van der Waals surface area (Å²) in [6.07, 6.45) is 4.88. The van der Waals surface area contributed by atoms with Crippen LogP contribution in [0.4, 0.5) is 0 Å². The Morgan fingerprint density at radius 3 is 2.88 bits per heavy atom. The van der Waals surface area contributed by atoms with E-state index in [-0.39, 0.29) is 30.0 Å². The molecule has 7 nitrogen and oxygen atoms in total. The highest BCUT2D eigenvalue weighted by atomic mass is 32.2. The van der Waals surface area contributed by atoms with Crippen LogP contribution in [-0.2, 0) is 26.0 Å². The van der Waals surface area contributed by atoms with E-state index in [2.05, 4.69) is 4.98 Å². The van der Waals surface area contributed by atoms with Crippen molar-refractivity contribution >= 4 is 21.6 Å². The van der Waals surface area contributed by atoms with Crippen LogP contribution in [0.3, 0.4) is 0 Å². The third kappa shape index (κ3) is 2.83. The molecular formula is C17H21N3O4S. The van der Waals surface area contributed by atoms with Gasteiger partial charge in [0.1, 0.15) is 5.65 Å². The van der Waals surface area contributed by atoms with E-state index in [0.29, 0.717) is 31.7 Å². The van der Waals surface area contributed by atoms with Crippen LogP contribution in [0.15, 0.2) is 24.5 Å². The molecule has 0 saturated carbocycles. The molecule has 2 aliphatic rings. The summed E-state index contributed by atoms with van der Waals surface area (Å²) in [5.41, 5.74) is 2.15. The standard InChI is InChI=1S/C17H21N3O4S/c1-13-3-2-6-19-14(10-18-16(13)19)9-15(21)20-11-17(12-25(20,22)23)4-7-24-8-5-17/h2-3,6,10H,4-5,7-9,11-12H2,1H3. The molecule has 0 aliphatic carbocycles. The Morgan fingerprint density at radius 1 is 1.36 bits per heavy atom. The summed E-state index contributed by atoms with van der Waals surface area (Å²) in [5.74, 6) is -0.340. The number of nitrogens with zero attached hydrogens (tertiary/aromatic N) is 3. The molecule has 8 heteroatoms. The van der Waals surface area contributed by atoms with Crippen molar-refractivity contribution in [2.45, 2.75) is 26.2 Å². The quantitative estimate of drug-likeness (QED) is 0.800. The highest BCUT2D eigenvalue weighted by Crippen LogP contribution is 2.39. The summed E-state index contributed by atoms with van der Waals surface area (Å²) in [4.78, 5) is 17.1. The zero-order valence-electron chi connectivity index (χ0n) is 14.1. The second-order valence-corrected chi connectivity index (χ2v) is 8.97. The molecule has 0 N–H and O–H groups in total. The fraction of sp³-hybridized carbons (Fsp3) is 0.529. The summed E-state index contributed by atoms with van der Waals surface area (Å²) in [5, 5.41) is 0. The maximum absolute atomic E-state index is 12.8. The molecule has 1 spiro atoms. The fourth-order valence-corrected chi connectivity index (χ4v) is 5.99. The van der Waals surface area contributed by atoms with Crippen molar-refractivity contribution in [2.75, 3.05) is 25.5 Å². The Morgan fingerprint density at radius 2 is 2.12 bits per heavy atom. The fourth-order valence-electron chi connectivity index (χ4n) is 3.84. The van der Waals surface area contributed by atoms with Crippen LogP contribution in [0, 0.1) is 12.3 Å². The van der Waals surface area contributed by atoms with Crippen LogP contribution < -0.4 is 0 Å². The van der Waals surface area contributed by atoms with Gasteiger partial charge >= 0.3 is 0 Å². The van der Waals surface area contributed by atoms with Crippen molar-refractivity contribution < 1.29 is 17.9 Å². The van der Waals surface area contributed by atoms with Gasteiger partial charge in [-0.05, 0) is 31.4 Å². The second-order valence-electron chi connectivity index (χ2n) is 7.08. The molecule has 4 rings (SSSR count). The predicted octanol–water partition coefficient (Wildman–Crippen LogP) is 1.15. The van der Waals surface area contributed by atoms with E-state index < -0.39 is 10.0 Å². The van der Waals surface area contributed by atoms with Crippen molar-refractivity contribution in [1.82, 2.24) is 13.7 Å². The molecule has 0 bridgehead atoms. The number of carbonyl (C=O) groups is 1. The number of pyridine rings is 1. The molecule has 134 valence electrons. The van der Waals surface area contributed by atoms with Crippen LogP contribution in [0.1, 0.15) is 24.1 Å². The number of aryl methyl sites for hydroxylation is 1. The number of rotatable bonds is 2. The van der Waals surface area contributed by atoms with Gasteiger partial charge < -0.3 is 9.14 Å². The third-order valence-corrected chi connectivity index (χ3v) is 7.26. The Kier molecular flexibility index (Phi) is 3.84. The van der Waals surface area contributed by atoms with Crippen LogP contribution in [0.25, 0.3) is 5.65 Å². The molecule has 2 aliphatic heterocycles. The summed E-state index contributed by atoms with van der Waals surface area (Å²) in [7, 11) is -3.56. The van der Waals surface area contributed by atoms with Crippen LogP contribution in [-0.4, -0.2) is 53.5 Å². The normalized spacial score (nSPS) is 21.9. The first-order valence-electron chi connectivity index (χ1n) is 8.43. The van der Waals surface area contributed by atoms with Crippen molar-refractivity contribution in [3.05, 3.63) is 35.8 Å². The number of hydrogen-bond acceptors (Lipinski definition) is 5. The molecular weight excluding hydrogens is 342 g/mol. The summed E-state index contributed by atoms with van der Waals surface area (Å²) in [6.45, 7) is 3.34. The minimum absolute atomic E-state index is 0.0242. The summed E-state index contributed by atoms with van der Waals surface area (Å²) < 4.78 is 33.4. The van der Waals surface area contributed by atoms with Gasteiger partial charge in [-0.3, -0.25) is 4.79 Å². The molecule has 0 atom stereocenters. The summed E-state index contributed by atoms with van der Waals surface area (Å²) >= 11 is 0. The molecule has 4 heterocycles. The van der Waals surface area contributed by atoms with Crippen LogP contribution >= 0.6 is 0 Å². The van der Waals surface area contributed by atoms with Crippen molar-refractivity contribution in [2.24, 2.45) is 5.41 Å². The first kappa shape index (κ1) is 16.5. The van der Waals surface area contributed by atoms with E-state index in [0.717, 1.165) is 15.5 Å². The molecule has 2 fully saturated rings. The van der Waals surface area contributed by atoms with Gasteiger partial charge in [-0.2, -0.15) is 0 Å². The Hall–Kier alpha value is -1.93. The average molecular weight is 363 g/mol. The Bertz CT molecular complexity index is 929. The number of amides is 1. The lowest BCUT2D eigenvalue weighted by molar-refractivity contribution is -0.126. The first-order chi connectivity index (χ1) is 11.9. The van der Waals surface area contributed by atoms with E-state index in [1.807, 2.05) is 29.7 Å². The van der Waals surface area contributed by atoms with Gasteiger partial charge in [-0.15, -0.1) is 0 Å². The van der Waals surface area contributed by atoms with E-state index in [1.54, 1.807) is 6.20 Å². The van der Waals surface area contributed by atoms with E-state index in [9.17, 15) is 13.2 Å². The number of fused-ring (bicyclic) bond motifs is 1. The molecule has 1 amide bonds. The van der Waals surface area contributed by atoms with Crippen molar-refractivity contribution in [3.63, 3.8) is 0 Å². The van der Waals surface area contributed by atoms with Gasteiger partial charge in [-0.1, -0.05) is 6.07 Å². The number of hydrogen-bond donors (Lipinski definition) is 0. The van der Waals surface area contributed by atoms with Gasteiger partial charge in [0.2, 0.25) is 15.9 Å². The number of aromatic nitrogens is 2. The van der Waals surface area contributed by atoms with Crippen LogP contribution in [0.5, 0.6) is 0 Å². The number of ether oxygens (including phenoxy) is 1. The topological polar surface area (TPSA) is 81.0 Å². The van der Waals surface area contributed by atoms with E-state index in [4.69, 9.17) is 4.74 Å². The lowest BCUT2D eigenvalue weighted by Crippen LogP contribution is -2.37. The highest BCUT2D eigenvalue weighted by molar-refractivity contribution is 7.89. The molecule has 0 unspecified atom stereocenters. The van der Waals surface area contributed by atoms with Gasteiger partial charge in [0.15, 0.2) is 0 Å². The maximum Gasteiger partial charge on any atom is 0.242 e. The lowest BCUT2D eigenvalue weighted by Gasteiger charge is -2.31. The van der Waals surface area contributed by atoms with Crippen molar-refractivity contribution in [3.8, 4) is 0 Å². The number of sulfonamides is 1. The molecule has 25 heavy (non-hydrogen) atoms. The zero-order valence-corrected chi connectivity index (χ0v) is 15.0. The maximum atomic E-state index is 12.8. The van der Waals surface area contributed by atoms with Gasteiger partial charge in [0.05, 0.1) is 17.9 Å². The monoisotopic (exact) mass is 363 g/mol. The average Bonchev–Trinajstić information content (AvgIpc) is 3.08. The number of imidazole rings is 1. The minimum atomic E-state index is -3.56. The van der Waals surface area contributed by atoms with Gasteiger partial charge in [0.25, 0.3) is 0 Å². The Labute approximate surface area is 146 Å². The molecule has 0 radical (unpaired) electrons. The minimum Gasteiger partial charge on any atom is -0.381 e. The SMILES string of the molecule is Cc1cccn2c(CC(=O)N3CC4(CCOCC4)CS3(=O)=O)cnc12. The van der Waals surface area contributed by atoms with Crippen molar-refractivity contribution in [1.29, 1.82) is 0 Å². The predicted molar refractivity (Wildman–Crippen MR) is 91.6 cm³/mol. The smallest absolute Gasteiger partial charge is 0.242 e. The number of carbonyl (C=O) groups excluding carboxylic acids is 1. The molecule has 2 aromatic rings. The van der Waals surface area contributed by atoms with E-state index >= 15 is 0 Å². The van der Waals surface area contributed by atoms with Gasteiger partial charge in [0, 0.05) is 37.6 Å². The molecule has 2 saturated heterocycles. The molecule has 0 aromatic carbocycles. The van der Waals surface area contributed by atoms with Crippen LogP contribution in [0.2, 0.25) is 0 Å². The highest BCUT2D eigenvalue weighted by Gasteiger charge is 2.49. The van der Waals surface area contributed by atoms with E-state index in [1.165, 1.54) is 0 Å². The first-order valence-corrected chi connectivity index (χ1v) is 10.0. The largest absolute Gasteiger partial charge is 0.381 e. The lowest BCUT2D eigenvalue weighted by atomic mass is 9.82. The Balaban J connectivity index is 1.59. The van der Waals surface area contributed by atoms with Gasteiger partial charge in [-0.25, -0.2) is 17.7 Å². The second kappa shape index (κ2) is 5.81. The summed E-state index contributed by atoms with van der Waals surface area (Å²) in [6, 6.07) is 3.84. The molecule has 2 aromatic heterocycles. The zero-order chi connectivity index (χ0) is 17.7.